The molecule has 2 aromatic carbocycles. The number of thioether (sulfide) groups is 1. The van der Waals surface area contributed by atoms with Crippen LogP contribution < -0.4 is 19.5 Å². The van der Waals surface area contributed by atoms with Crippen LogP contribution in [0.3, 0.4) is 0 Å². The van der Waals surface area contributed by atoms with E-state index in [1.807, 2.05) is 43.3 Å². The second-order valence-corrected chi connectivity index (χ2v) is 7.08. The van der Waals surface area contributed by atoms with Crippen molar-refractivity contribution in [2.24, 2.45) is 0 Å². The number of aromatic nitrogens is 2. The van der Waals surface area contributed by atoms with Crippen LogP contribution in [0.15, 0.2) is 41.6 Å². The highest BCUT2D eigenvalue weighted by atomic mass is 32.2. The maximum absolute atomic E-state index is 12.3. The zero-order chi connectivity index (χ0) is 18.8. The molecule has 0 aliphatic carbocycles. The molecule has 0 bridgehead atoms. The second kappa shape index (κ2) is 7.40. The number of hydrogen-bond donors (Lipinski definition) is 2. The number of rotatable bonds is 6. The van der Waals surface area contributed by atoms with Gasteiger partial charge in [0.1, 0.15) is 5.75 Å². The summed E-state index contributed by atoms with van der Waals surface area (Å²) in [5.74, 6) is 2.41. The third-order valence-corrected chi connectivity index (χ3v) is 5.15. The van der Waals surface area contributed by atoms with Crippen molar-refractivity contribution < 1.29 is 19.0 Å². The highest BCUT2D eigenvalue weighted by Crippen LogP contribution is 2.34. The summed E-state index contributed by atoms with van der Waals surface area (Å²) in [4.78, 5) is 20.0. The first-order valence-corrected chi connectivity index (χ1v) is 9.46. The summed E-state index contributed by atoms with van der Waals surface area (Å²) in [6.07, 6.45) is 0. The smallest absolute Gasteiger partial charge is 0.231 e. The Bertz CT molecular complexity index is 988. The summed E-state index contributed by atoms with van der Waals surface area (Å²) in [5.41, 5.74) is 2.69. The molecule has 8 heteroatoms. The monoisotopic (exact) mass is 385 g/mol. The van der Waals surface area contributed by atoms with Crippen LogP contribution in [-0.4, -0.2) is 35.5 Å². The molecule has 3 aromatic rings. The van der Waals surface area contributed by atoms with E-state index in [1.165, 1.54) is 11.8 Å². The minimum Gasteiger partial charge on any atom is -0.497 e. The van der Waals surface area contributed by atoms with Gasteiger partial charge in [-0.3, -0.25) is 4.79 Å². The maximum Gasteiger partial charge on any atom is 0.231 e. The average molecular weight is 385 g/mol. The molecule has 2 heterocycles. The molecule has 1 aliphatic rings. The SMILES string of the molecule is COc1ccc2nc(SCC(=O)NC(C)c3ccc4c(c3)OCO4)[nH]c2c1. The third kappa shape index (κ3) is 3.80. The van der Waals surface area contributed by atoms with Crippen LogP contribution >= 0.6 is 11.8 Å². The zero-order valence-electron chi connectivity index (χ0n) is 14.9. The fourth-order valence-corrected chi connectivity index (χ4v) is 3.54. The number of carbonyl (C=O) groups excluding carboxylic acids is 1. The van der Waals surface area contributed by atoms with E-state index in [1.54, 1.807) is 7.11 Å². The lowest BCUT2D eigenvalue weighted by Gasteiger charge is -2.14. The summed E-state index contributed by atoms with van der Waals surface area (Å²) < 4.78 is 15.9. The van der Waals surface area contributed by atoms with Crippen LogP contribution in [0.4, 0.5) is 0 Å². The van der Waals surface area contributed by atoms with Crippen LogP contribution in [-0.2, 0) is 4.79 Å². The first kappa shape index (κ1) is 17.5. The summed E-state index contributed by atoms with van der Waals surface area (Å²) in [6, 6.07) is 11.2. The molecule has 0 saturated carbocycles. The van der Waals surface area contributed by atoms with E-state index >= 15 is 0 Å². The molecule has 0 saturated heterocycles. The third-order valence-electron chi connectivity index (χ3n) is 4.28. The Morgan fingerprint density at radius 3 is 3.00 bits per heavy atom. The number of amides is 1. The number of aromatic amines is 1. The molecule has 0 fully saturated rings. The van der Waals surface area contributed by atoms with Crippen molar-refractivity contribution in [1.82, 2.24) is 15.3 Å². The van der Waals surface area contributed by atoms with Gasteiger partial charge in [0, 0.05) is 6.07 Å². The molecule has 27 heavy (non-hydrogen) atoms. The lowest BCUT2D eigenvalue weighted by molar-refractivity contribution is -0.119. The highest BCUT2D eigenvalue weighted by Gasteiger charge is 2.17. The Hall–Kier alpha value is -2.87. The number of H-pyrrole nitrogens is 1. The number of ether oxygens (including phenoxy) is 3. The van der Waals surface area contributed by atoms with Gasteiger partial charge in [-0.05, 0) is 36.8 Å². The van der Waals surface area contributed by atoms with Crippen molar-refractivity contribution in [1.29, 1.82) is 0 Å². The first-order valence-electron chi connectivity index (χ1n) is 8.48. The number of carbonyl (C=O) groups is 1. The summed E-state index contributed by atoms with van der Waals surface area (Å²) in [5, 5.41) is 3.69. The predicted molar refractivity (Wildman–Crippen MR) is 102 cm³/mol. The maximum atomic E-state index is 12.3. The number of imidazole rings is 1. The molecule has 1 aliphatic heterocycles. The summed E-state index contributed by atoms with van der Waals surface area (Å²) in [6.45, 7) is 2.17. The minimum absolute atomic E-state index is 0.0665. The fraction of sp³-hybridized carbons (Fsp3) is 0.263. The van der Waals surface area contributed by atoms with Gasteiger partial charge in [-0.2, -0.15) is 0 Å². The Kier molecular flexibility index (Phi) is 4.81. The fourth-order valence-electron chi connectivity index (χ4n) is 2.84. The van der Waals surface area contributed by atoms with Gasteiger partial charge in [-0.25, -0.2) is 4.98 Å². The van der Waals surface area contributed by atoms with Crippen molar-refractivity contribution >= 4 is 28.7 Å². The van der Waals surface area contributed by atoms with Crippen LogP contribution in [0, 0.1) is 0 Å². The molecular weight excluding hydrogens is 366 g/mol. The Morgan fingerprint density at radius 2 is 2.15 bits per heavy atom. The van der Waals surface area contributed by atoms with Crippen LogP contribution in [0.2, 0.25) is 0 Å². The van der Waals surface area contributed by atoms with Gasteiger partial charge in [0.25, 0.3) is 0 Å². The number of benzene rings is 2. The van der Waals surface area contributed by atoms with E-state index in [0.29, 0.717) is 10.9 Å². The molecule has 1 aromatic heterocycles. The average Bonchev–Trinajstić information content (AvgIpc) is 3.31. The molecule has 1 atom stereocenters. The lowest BCUT2D eigenvalue weighted by atomic mass is 10.1. The van der Waals surface area contributed by atoms with Gasteiger partial charge >= 0.3 is 0 Å². The Balaban J connectivity index is 1.35. The van der Waals surface area contributed by atoms with Crippen molar-refractivity contribution in [3.05, 3.63) is 42.0 Å². The topological polar surface area (TPSA) is 85.5 Å². The van der Waals surface area contributed by atoms with Gasteiger partial charge in [-0.1, -0.05) is 17.8 Å². The molecule has 1 unspecified atom stereocenters. The first-order chi connectivity index (χ1) is 13.1. The zero-order valence-corrected chi connectivity index (χ0v) is 15.8. The van der Waals surface area contributed by atoms with Crippen LogP contribution in [0.1, 0.15) is 18.5 Å². The second-order valence-electron chi connectivity index (χ2n) is 6.12. The normalized spacial score (nSPS) is 13.6. The van der Waals surface area contributed by atoms with Crippen molar-refractivity contribution in [2.75, 3.05) is 19.7 Å². The van der Waals surface area contributed by atoms with Gasteiger partial charge in [0.2, 0.25) is 12.7 Å². The summed E-state index contributed by atoms with van der Waals surface area (Å²) in [7, 11) is 1.62. The largest absolute Gasteiger partial charge is 0.497 e. The number of fused-ring (bicyclic) bond motifs is 2. The lowest BCUT2D eigenvalue weighted by Crippen LogP contribution is -2.28. The molecule has 1 amide bonds. The van der Waals surface area contributed by atoms with Gasteiger partial charge in [0.05, 0.1) is 29.9 Å². The number of hydrogen-bond acceptors (Lipinski definition) is 6. The molecule has 0 spiro atoms. The van der Waals surface area contributed by atoms with E-state index in [2.05, 4.69) is 15.3 Å². The summed E-state index contributed by atoms with van der Waals surface area (Å²) >= 11 is 1.36. The van der Waals surface area contributed by atoms with Crippen molar-refractivity contribution in [2.45, 2.75) is 18.1 Å². The molecule has 7 nitrogen and oxygen atoms in total. The molecular formula is C19H19N3O4S. The molecule has 0 radical (unpaired) electrons. The van der Waals surface area contributed by atoms with E-state index < -0.39 is 0 Å². The standard InChI is InChI=1S/C19H19N3O4S/c1-11(12-3-6-16-17(7-12)26-10-25-16)20-18(23)9-27-19-21-14-5-4-13(24-2)8-15(14)22-19/h3-8,11H,9-10H2,1-2H3,(H,20,23)(H,21,22). The Morgan fingerprint density at radius 1 is 1.30 bits per heavy atom. The van der Waals surface area contributed by atoms with E-state index in [4.69, 9.17) is 14.2 Å². The number of nitrogens with one attached hydrogen (secondary N) is 2. The van der Waals surface area contributed by atoms with Crippen molar-refractivity contribution in [3.8, 4) is 17.2 Å². The molecule has 4 rings (SSSR count). The van der Waals surface area contributed by atoms with Crippen molar-refractivity contribution in [3.63, 3.8) is 0 Å². The van der Waals surface area contributed by atoms with Crippen LogP contribution in [0.25, 0.3) is 11.0 Å². The molecule has 2 N–H and O–H groups in total. The Labute approximate surface area is 160 Å². The number of nitrogens with zero attached hydrogens (tertiary/aromatic N) is 1. The van der Waals surface area contributed by atoms with Gasteiger partial charge in [0.15, 0.2) is 16.7 Å². The van der Waals surface area contributed by atoms with E-state index in [-0.39, 0.29) is 24.5 Å². The van der Waals surface area contributed by atoms with E-state index in [0.717, 1.165) is 28.1 Å². The van der Waals surface area contributed by atoms with Gasteiger partial charge < -0.3 is 24.5 Å². The number of methoxy groups -OCH3 is 1. The van der Waals surface area contributed by atoms with E-state index in [9.17, 15) is 4.79 Å². The highest BCUT2D eigenvalue weighted by molar-refractivity contribution is 7.99. The predicted octanol–water partition coefficient (Wildman–Crippen LogP) is 3.27. The van der Waals surface area contributed by atoms with Crippen LogP contribution in [0.5, 0.6) is 17.2 Å². The quantitative estimate of drug-likeness (QED) is 0.634. The minimum atomic E-state index is -0.132. The molecule has 140 valence electrons. The van der Waals surface area contributed by atoms with Gasteiger partial charge in [-0.15, -0.1) is 0 Å².